The number of pyridine rings is 1. The molecule has 0 radical (unpaired) electrons. The highest BCUT2D eigenvalue weighted by atomic mass is 19.4. The monoisotopic (exact) mass is 301 g/mol. The molecule has 2 rings (SSSR count). The van der Waals surface area contributed by atoms with Crippen molar-refractivity contribution in [2.75, 3.05) is 5.32 Å². The molecular formula is C12H14F3N5O. The van der Waals surface area contributed by atoms with Crippen LogP contribution in [0.2, 0.25) is 0 Å². The summed E-state index contributed by atoms with van der Waals surface area (Å²) in [6.07, 6.45) is -3.59. The minimum absolute atomic E-state index is 0.129. The van der Waals surface area contributed by atoms with Gasteiger partial charge < -0.3 is 11.1 Å². The van der Waals surface area contributed by atoms with Crippen molar-refractivity contribution in [1.29, 1.82) is 0 Å². The number of amides is 1. The quantitative estimate of drug-likeness (QED) is 0.880. The Kier molecular flexibility index (Phi) is 3.40. The van der Waals surface area contributed by atoms with Crippen LogP contribution >= 0.6 is 0 Å². The Morgan fingerprint density at radius 2 is 2.05 bits per heavy atom. The number of carbonyl (C=O) groups is 1. The van der Waals surface area contributed by atoms with Gasteiger partial charge in [-0.1, -0.05) is 0 Å². The van der Waals surface area contributed by atoms with E-state index in [9.17, 15) is 18.0 Å². The molecule has 0 aliphatic heterocycles. The van der Waals surface area contributed by atoms with Gasteiger partial charge in [-0.2, -0.15) is 18.3 Å². The number of halogens is 3. The van der Waals surface area contributed by atoms with Gasteiger partial charge in [0.25, 0.3) is 5.91 Å². The second-order valence-electron chi connectivity index (χ2n) is 4.96. The zero-order chi connectivity index (χ0) is 16.0. The highest BCUT2D eigenvalue weighted by Crippen LogP contribution is 2.29. The highest BCUT2D eigenvalue weighted by Gasteiger charge is 2.54. The lowest BCUT2D eigenvalue weighted by Gasteiger charge is -2.26. The summed E-state index contributed by atoms with van der Waals surface area (Å²) in [4.78, 5) is 15.8. The standard InChI is InChI=1S/C12H14F3N5O/c1-6-8-4-7(5-17-9(8)20(3)19-6)18-10(21)11(2,16)12(13,14)15/h4-5H,16H2,1-3H3,(H,18,21). The molecule has 0 fully saturated rings. The summed E-state index contributed by atoms with van der Waals surface area (Å²) >= 11 is 0. The SMILES string of the molecule is Cc1nn(C)c2ncc(NC(=O)C(C)(N)C(F)(F)F)cc12. The van der Waals surface area contributed by atoms with E-state index in [2.05, 4.69) is 15.4 Å². The van der Waals surface area contributed by atoms with Crippen LogP contribution in [-0.2, 0) is 11.8 Å². The Balaban J connectivity index is 2.32. The zero-order valence-corrected chi connectivity index (χ0v) is 11.6. The summed E-state index contributed by atoms with van der Waals surface area (Å²) in [6, 6.07) is 1.51. The number of aryl methyl sites for hydroxylation is 2. The predicted molar refractivity (Wildman–Crippen MR) is 70.5 cm³/mol. The van der Waals surface area contributed by atoms with Gasteiger partial charge >= 0.3 is 6.18 Å². The topological polar surface area (TPSA) is 85.8 Å². The number of carbonyl (C=O) groups excluding carboxylic acids is 1. The predicted octanol–water partition coefficient (Wildman–Crippen LogP) is 1.49. The molecule has 0 aliphatic rings. The van der Waals surface area contributed by atoms with Gasteiger partial charge in [0.15, 0.2) is 11.2 Å². The molecule has 1 amide bonds. The molecule has 0 saturated heterocycles. The van der Waals surface area contributed by atoms with Crippen LogP contribution in [0, 0.1) is 6.92 Å². The first kappa shape index (κ1) is 15.2. The van der Waals surface area contributed by atoms with Gasteiger partial charge in [0, 0.05) is 12.4 Å². The van der Waals surface area contributed by atoms with E-state index >= 15 is 0 Å². The second kappa shape index (κ2) is 4.69. The van der Waals surface area contributed by atoms with Crippen molar-refractivity contribution in [3.8, 4) is 0 Å². The molecule has 0 spiro atoms. The third kappa shape index (κ3) is 2.56. The van der Waals surface area contributed by atoms with Crippen LogP contribution in [0.15, 0.2) is 12.3 Å². The second-order valence-corrected chi connectivity index (χ2v) is 4.96. The first-order valence-electron chi connectivity index (χ1n) is 6.00. The van der Waals surface area contributed by atoms with Crippen molar-refractivity contribution in [3.05, 3.63) is 18.0 Å². The van der Waals surface area contributed by atoms with E-state index in [1.807, 2.05) is 0 Å². The molecule has 0 saturated carbocycles. The van der Waals surface area contributed by atoms with Crippen molar-refractivity contribution in [1.82, 2.24) is 14.8 Å². The van der Waals surface area contributed by atoms with Gasteiger partial charge in [-0.15, -0.1) is 0 Å². The molecular weight excluding hydrogens is 287 g/mol. The van der Waals surface area contributed by atoms with Crippen molar-refractivity contribution in [3.63, 3.8) is 0 Å². The molecule has 114 valence electrons. The number of fused-ring (bicyclic) bond motifs is 1. The number of aromatic nitrogens is 3. The van der Waals surface area contributed by atoms with Crippen LogP contribution in [0.1, 0.15) is 12.6 Å². The van der Waals surface area contributed by atoms with E-state index in [0.717, 1.165) is 0 Å². The first-order chi connectivity index (χ1) is 9.54. The van der Waals surface area contributed by atoms with E-state index in [1.54, 1.807) is 18.7 Å². The van der Waals surface area contributed by atoms with Crippen LogP contribution in [0.3, 0.4) is 0 Å². The number of hydrogen-bond donors (Lipinski definition) is 2. The summed E-state index contributed by atoms with van der Waals surface area (Å²) < 4.78 is 39.6. The number of nitrogens with one attached hydrogen (secondary N) is 1. The molecule has 2 aromatic heterocycles. The highest BCUT2D eigenvalue weighted by molar-refractivity contribution is 5.99. The van der Waals surface area contributed by atoms with E-state index in [0.29, 0.717) is 23.7 Å². The number of alkyl halides is 3. The third-order valence-corrected chi connectivity index (χ3v) is 3.18. The lowest BCUT2D eigenvalue weighted by molar-refractivity contribution is -0.184. The van der Waals surface area contributed by atoms with Crippen molar-refractivity contribution < 1.29 is 18.0 Å². The summed E-state index contributed by atoms with van der Waals surface area (Å²) in [5, 5.41) is 6.91. The maximum atomic E-state index is 12.7. The maximum absolute atomic E-state index is 12.7. The fraction of sp³-hybridized carbons (Fsp3) is 0.417. The summed E-state index contributed by atoms with van der Waals surface area (Å²) in [7, 11) is 1.70. The Morgan fingerprint density at radius 1 is 1.43 bits per heavy atom. The van der Waals surface area contributed by atoms with Gasteiger partial charge in [-0.3, -0.25) is 9.48 Å². The Hall–Kier alpha value is -2.16. The Bertz CT molecular complexity index is 705. The van der Waals surface area contributed by atoms with Gasteiger partial charge in [0.05, 0.1) is 17.6 Å². The molecule has 2 aromatic rings. The fourth-order valence-electron chi connectivity index (χ4n) is 1.77. The van der Waals surface area contributed by atoms with Gasteiger partial charge in [0.2, 0.25) is 0 Å². The molecule has 2 heterocycles. The van der Waals surface area contributed by atoms with Crippen LogP contribution < -0.4 is 11.1 Å². The fourth-order valence-corrected chi connectivity index (χ4v) is 1.77. The molecule has 0 aliphatic carbocycles. The van der Waals surface area contributed by atoms with Crippen molar-refractivity contribution in [2.24, 2.45) is 12.8 Å². The molecule has 3 N–H and O–H groups in total. The molecule has 1 atom stereocenters. The summed E-state index contributed by atoms with van der Waals surface area (Å²) in [5.74, 6) is -1.35. The molecule has 6 nitrogen and oxygen atoms in total. The van der Waals surface area contributed by atoms with E-state index < -0.39 is 17.6 Å². The van der Waals surface area contributed by atoms with Crippen molar-refractivity contribution in [2.45, 2.75) is 25.6 Å². The van der Waals surface area contributed by atoms with E-state index in [-0.39, 0.29) is 5.69 Å². The lowest BCUT2D eigenvalue weighted by atomic mass is 10.0. The average molecular weight is 301 g/mol. The number of rotatable bonds is 2. The molecule has 1 unspecified atom stereocenters. The lowest BCUT2D eigenvalue weighted by Crippen LogP contribution is -2.59. The van der Waals surface area contributed by atoms with Gasteiger partial charge in [-0.25, -0.2) is 4.98 Å². The van der Waals surface area contributed by atoms with E-state index in [4.69, 9.17) is 5.73 Å². The number of nitrogens with two attached hydrogens (primary N) is 1. The minimum atomic E-state index is -4.85. The normalized spacial score (nSPS) is 15.0. The first-order valence-corrected chi connectivity index (χ1v) is 6.00. The smallest absolute Gasteiger partial charge is 0.323 e. The largest absolute Gasteiger partial charge is 0.415 e. The number of anilines is 1. The summed E-state index contributed by atoms with van der Waals surface area (Å²) in [5.41, 5.74) is 3.43. The van der Waals surface area contributed by atoms with E-state index in [1.165, 1.54) is 12.3 Å². The minimum Gasteiger partial charge on any atom is -0.323 e. The molecule has 0 aromatic carbocycles. The zero-order valence-electron chi connectivity index (χ0n) is 11.6. The Morgan fingerprint density at radius 3 is 2.62 bits per heavy atom. The van der Waals surface area contributed by atoms with Gasteiger partial charge in [0.1, 0.15) is 0 Å². The molecule has 21 heavy (non-hydrogen) atoms. The van der Waals surface area contributed by atoms with Crippen molar-refractivity contribution >= 4 is 22.6 Å². The van der Waals surface area contributed by atoms with Crippen LogP contribution in [0.5, 0.6) is 0 Å². The van der Waals surface area contributed by atoms with Crippen LogP contribution in [-0.4, -0.2) is 32.4 Å². The van der Waals surface area contributed by atoms with Gasteiger partial charge in [-0.05, 0) is 19.9 Å². The third-order valence-electron chi connectivity index (χ3n) is 3.18. The average Bonchev–Trinajstić information content (AvgIpc) is 2.63. The van der Waals surface area contributed by atoms with Crippen LogP contribution in [0.25, 0.3) is 11.0 Å². The maximum Gasteiger partial charge on any atom is 0.415 e. The number of hydrogen-bond acceptors (Lipinski definition) is 4. The molecule has 0 bridgehead atoms. The Labute approximate surface area is 118 Å². The van der Waals surface area contributed by atoms with Crippen LogP contribution in [0.4, 0.5) is 18.9 Å². The number of nitrogens with zero attached hydrogens (tertiary/aromatic N) is 3. The molecule has 9 heteroatoms. The summed E-state index contributed by atoms with van der Waals surface area (Å²) in [6.45, 7) is 2.35.